The summed E-state index contributed by atoms with van der Waals surface area (Å²) in [5.41, 5.74) is -1.25. The van der Waals surface area contributed by atoms with Crippen LogP contribution >= 0.6 is 0 Å². The van der Waals surface area contributed by atoms with E-state index in [0.717, 1.165) is 0 Å². The Labute approximate surface area is 200 Å². The first-order chi connectivity index (χ1) is 15.8. The van der Waals surface area contributed by atoms with Crippen molar-refractivity contribution < 1.29 is 23.8 Å². The third kappa shape index (κ3) is 4.73. The zero-order valence-electron chi connectivity index (χ0n) is 20.8. The van der Waals surface area contributed by atoms with Gasteiger partial charge in [0.15, 0.2) is 8.32 Å². The standard InChI is InChI=1S/C24H34N2O7Si/c1-24(2,3)34(6,7)33-19-17(14-27)32-18(20(19)31-5)16-13-25(4)23(30)26(22(16)29)21(28)15-11-9-8-10-12-15/h8-13,17-20,27H,14H2,1-7H3/t17-,18+,19-,20+/m1/s1. The van der Waals surface area contributed by atoms with E-state index in [1.54, 1.807) is 18.2 Å². The fourth-order valence-electron chi connectivity index (χ4n) is 3.82. The Kier molecular flexibility index (Phi) is 7.49. The van der Waals surface area contributed by atoms with Crippen LogP contribution in [0, 0.1) is 0 Å². The van der Waals surface area contributed by atoms with Gasteiger partial charge in [-0.25, -0.2) is 4.79 Å². The van der Waals surface area contributed by atoms with Gasteiger partial charge in [0.1, 0.15) is 24.4 Å². The molecule has 1 aromatic carbocycles. The first-order valence-electron chi connectivity index (χ1n) is 11.2. The van der Waals surface area contributed by atoms with Gasteiger partial charge in [-0.15, -0.1) is 0 Å². The molecule has 1 aromatic heterocycles. The molecule has 0 saturated carbocycles. The minimum atomic E-state index is -2.29. The molecular formula is C24H34N2O7Si. The van der Waals surface area contributed by atoms with Crippen LogP contribution < -0.4 is 11.2 Å². The highest BCUT2D eigenvalue weighted by atomic mass is 28.4. The Morgan fingerprint density at radius 2 is 1.76 bits per heavy atom. The molecule has 0 radical (unpaired) electrons. The van der Waals surface area contributed by atoms with Crippen molar-refractivity contribution in [1.82, 2.24) is 9.13 Å². The van der Waals surface area contributed by atoms with E-state index in [0.29, 0.717) is 4.57 Å². The summed E-state index contributed by atoms with van der Waals surface area (Å²) in [6, 6.07) is 8.12. The molecule has 0 bridgehead atoms. The van der Waals surface area contributed by atoms with Crippen molar-refractivity contribution in [3.63, 3.8) is 0 Å². The van der Waals surface area contributed by atoms with Crippen LogP contribution in [0.3, 0.4) is 0 Å². The maximum absolute atomic E-state index is 13.5. The predicted molar refractivity (Wildman–Crippen MR) is 130 cm³/mol. The monoisotopic (exact) mass is 490 g/mol. The molecule has 2 heterocycles. The number of rotatable bonds is 6. The molecule has 186 valence electrons. The summed E-state index contributed by atoms with van der Waals surface area (Å²) in [6.07, 6.45) is -1.67. The third-order valence-electron chi connectivity index (χ3n) is 6.81. The number of aliphatic hydroxyl groups excluding tert-OH is 1. The average Bonchev–Trinajstić information content (AvgIpc) is 3.12. The second kappa shape index (κ2) is 9.71. The topological polar surface area (TPSA) is 109 Å². The van der Waals surface area contributed by atoms with Gasteiger partial charge in [-0.1, -0.05) is 39.0 Å². The molecule has 10 heteroatoms. The number of aliphatic hydroxyl groups is 1. The van der Waals surface area contributed by atoms with Crippen molar-refractivity contribution >= 4 is 14.2 Å². The largest absolute Gasteiger partial charge is 0.408 e. The molecule has 1 aliphatic rings. The Balaban J connectivity index is 2.09. The average molecular weight is 491 g/mol. The number of carbonyl (C=O) groups excluding carboxylic acids is 1. The number of methoxy groups -OCH3 is 1. The second-order valence-electron chi connectivity index (χ2n) is 10.1. The van der Waals surface area contributed by atoms with E-state index in [4.69, 9.17) is 13.9 Å². The summed E-state index contributed by atoms with van der Waals surface area (Å²) < 4.78 is 20.1. The normalized spacial score (nSPS) is 23.3. The summed E-state index contributed by atoms with van der Waals surface area (Å²) in [4.78, 5) is 39.3. The van der Waals surface area contributed by atoms with Gasteiger partial charge in [-0.3, -0.25) is 9.59 Å². The molecule has 34 heavy (non-hydrogen) atoms. The van der Waals surface area contributed by atoms with Crippen molar-refractivity contribution in [2.24, 2.45) is 7.05 Å². The van der Waals surface area contributed by atoms with Crippen LogP contribution in [-0.2, 0) is 20.9 Å². The lowest BCUT2D eigenvalue weighted by Crippen LogP contribution is -2.50. The SMILES string of the molecule is CO[C@@H]1[C@H](O[Si](C)(C)C(C)(C)C)[C@@H](CO)O[C@H]1c1cn(C)c(=O)n(C(=O)c2ccccc2)c1=O. The summed E-state index contributed by atoms with van der Waals surface area (Å²) in [5, 5.41) is 9.93. The van der Waals surface area contributed by atoms with Crippen LogP contribution in [0.2, 0.25) is 18.1 Å². The van der Waals surface area contributed by atoms with Gasteiger partial charge in [-0.2, -0.15) is 4.57 Å². The van der Waals surface area contributed by atoms with E-state index in [1.807, 2.05) is 0 Å². The zero-order valence-corrected chi connectivity index (χ0v) is 21.8. The van der Waals surface area contributed by atoms with Crippen molar-refractivity contribution in [2.45, 2.75) is 63.3 Å². The van der Waals surface area contributed by atoms with Gasteiger partial charge < -0.3 is 23.6 Å². The molecule has 0 spiro atoms. The number of hydrogen-bond acceptors (Lipinski definition) is 7. The van der Waals surface area contributed by atoms with Crippen molar-refractivity contribution in [3.05, 3.63) is 68.5 Å². The summed E-state index contributed by atoms with van der Waals surface area (Å²) in [6.45, 7) is 10.1. The molecule has 1 fully saturated rings. The summed E-state index contributed by atoms with van der Waals surface area (Å²) in [5.74, 6) is -0.729. The number of nitrogens with zero attached hydrogens (tertiary/aromatic N) is 2. The van der Waals surface area contributed by atoms with E-state index < -0.39 is 49.9 Å². The van der Waals surface area contributed by atoms with E-state index in [9.17, 15) is 19.5 Å². The molecule has 0 unspecified atom stereocenters. The van der Waals surface area contributed by atoms with Gasteiger partial charge in [0.2, 0.25) is 0 Å². The Bertz CT molecular complexity index is 1150. The highest BCUT2D eigenvalue weighted by Crippen LogP contribution is 2.42. The van der Waals surface area contributed by atoms with E-state index in [-0.39, 0.29) is 22.8 Å². The van der Waals surface area contributed by atoms with Crippen LogP contribution in [0.1, 0.15) is 42.8 Å². The number of hydrogen-bond donors (Lipinski definition) is 1. The maximum Gasteiger partial charge on any atom is 0.337 e. The molecule has 9 nitrogen and oxygen atoms in total. The van der Waals surface area contributed by atoms with E-state index >= 15 is 0 Å². The molecular weight excluding hydrogens is 456 g/mol. The predicted octanol–water partition coefficient (Wildman–Crippen LogP) is 2.07. The van der Waals surface area contributed by atoms with Gasteiger partial charge >= 0.3 is 5.69 Å². The van der Waals surface area contributed by atoms with Gasteiger partial charge in [0, 0.05) is 25.9 Å². The molecule has 3 rings (SSSR count). The third-order valence-corrected chi connectivity index (χ3v) is 11.3. The number of ether oxygens (including phenoxy) is 2. The lowest BCUT2D eigenvalue weighted by atomic mass is 10.0. The Morgan fingerprint density at radius 1 is 1.15 bits per heavy atom. The highest BCUT2D eigenvalue weighted by molar-refractivity contribution is 6.74. The van der Waals surface area contributed by atoms with E-state index in [2.05, 4.69) is 33.9 Å². The number of carbonyl (C=O) groups is 1. The molecule has 1 N–H and O–H groups in total. The van der Waals surface area contributed by atoms with Crippen LogP contribution in [0.5, 0.6) is 0 Å². The minimum Gasteiger partial charge on any atom is -0.408 e. The fraction of sp³-hybridized carbons (Fsp3) is 0.542. The molecule has 4 atom stereocenters. The van der Waals surface area contributed by atoms with Gasteiger partial charge in [0.25, 0.3) is 11.5 Å². The van der Waals surface area contributed by atoms with Crippen LogP contribution in [0.15, 0.2) is 46.1 Å². The second-order valence-corrected chi connectivity index (χ2v) is 14.9. The van der Waals surface area contributed by atoms with Crippen molar-refractivity contribution in [1.29, 1.82) is 0 Å². The zero-order chi connectivity index (χ0) is 25.4. The fourth-order valence-corrected chi connectivity index (χ4v) is 5.14. The lowest BCUT2D eigenvalue weighted by molar-refractivity contribution is -0.0234. The molecule has 0 aliphatic carbocycles. The first kappa shape index (κ1) is 26.2. The van der Waals surface area contributed by atoms with Gasteiger partial charge in [-0.05, 0) is 30.3 Å². The minimum absolute atomic E-state index is 0.0815. The number of benzene rings is 1. The van der Waals surface area contributed by atoms with Crippen molar-refractivity contribution in [2.75, 3.05) is 13.7 Å². The van der Waals surface area contributed by atoms with E-state index in [1.165, 1.54) is 37.1 Å². The Hall–Kier alpha value is -2.37. The number of aromatic nitrogens is 2. The number of aryl methyl sites for hydroxylation is 1. The van der Waals surface area contributed by atoms with Crippen LogP contribution in [-0.4, -0.2) is 60.5 Å². The van der Waals surface area contributed by atoms with Crippen LogP contribution in [0.4, 0.5) is 0 Å². The maximum atomic E-state index is 13.5. The molecule has 2 aromatic rings. The quantitative estimate of drug-likeness (QED) is 0.618. The Morgan fingerprint density at radius 3 is 2.29 bits per heavy atom. The summed E-state index contributed by atoms with van der Waals surface area (Å²) in [7, 11) is 0.660. The van der Waals surface area contributed by atoms with Gasteiger partial charge in [0.05, 0.1) is 12.2 Å². The molecule has 1 aliphatic heterocycles. The van der Waals surface area contributed by atoms with Crippen molar-refractivity contribution in [3.8, 4) is 0 Å². The first-order valence-corrected chi connectivity index (χ1v) is 14.1. The highest BCUT2D eigenvalue weighted by Gasteiger charge is 2.51. The van der Waals surface area contributed by atoms with Crippen LogP contribution in [0.25, 0.3) is 0 Å². The molecule has 0 amide bonds. The molecule has 1 saturated heterocycles. The smallest absolute Gasteiger partial charge is 0.337 e. The lowest BCUT2D eigenvalue weighted by Gasteiger charge is -2.40. The summed E-state index contributed by atoms with van der Waals surface area (Å²) >= 11 is 0.